The van der Waals surface area contributed by atoms with Gasteiger partial charge in [0.05, 0.1) is 10.9 Å². The molecule has 0 aliphatic rings. The predicted octanol–water partition coefficient (Wildman–Crippen LogP) is 3.72. The van der Waals surface area contributed by atoms with Gasteiger partial charge >= 0.3 is 0 Å². The highest BCUT2D eigenvalue weighted by Crippen LogP contribution is 2.26. The molecule has 0 aliphatic carbocycles. The lowest BCUT2D eigenvalue weighted by Gasteiger charge is -2.08. The highest BCUT2D eigenvalue weighted by Gasteiger charge is 2.17. The third kappa shape index (κ3) is 4.14. The van der Waals surface area contributed by atoms with E-state index >= 15 is 0 Å². The Labute approximate surface area is 142 Å². The smallest absolute Gasteiger partial charge is 0.239 e. The molecule has 3 aromatic rings. The first-order valence-electron chi connectivity index (χ1n) is 6.98. The van der Waals surface area contributed by atoms with Crippen LogP contribution in [-0.4, -0.2) is 26.1 Å². The van der Waals surface area contributed by atoms with Crippen LogP contribution in [0.25, 0.3) is 11.3 Å². The molecule has 0 unspecified atom stereocenters. The van der Waals surface area contributed by atoms with E-state index in [-0.39, 0.29) is 11.2 Å². The lowest BCUT2D eigenvalue weighted by molar-refractivity contribution is -0.115. The minimum atomic E-state index is -0.304. The maximum absolute atomic E-state index is 12.2. The van der Waals surface area contributed by atoms with E-state index in [0.717, 1.165) is 11.3 Å². The van der Waals surface area contributed by atoms with Gasteiger partial charge in [-0.1, -0.05) is 42.1 Å². The Kier molecular flexibility index (Phi) is 4.99. The quantitative estimate of drug-likeness (QED) is 0.565. The number of thiazole rings is 1. The van der Waals surface area contributed by atoms with E-state index in [1.165, 1.54) is 23.1 Å². The molecule has 1 N–H and O–H groups in total. The molecular weight excluding hydrogens is 328 g/mol. The average Bonchev–Trinajstić information content (AvgIpc) is 3.05. The number of carbonyl (C=O) groups is 1. The first-order valence-corrected chi connectivity index (χ1v) is 8.74. The van der Waals surface area contributed by atoms with Crippen molar-refractivity contribution < 1.29 is 4.79 Å². The van der Waals surface area contributed by atoms with Gasteiger partial charge in [-0.2, -0.15) is 0 Å². The summed E-state index contributed by atoms with van der Waals surface area (Å²) in [7, 11) is 0. The molecule has 2 aromatic heterocycles. The van der Waals surface area contributed by atoms with Gasteiger partial charge in [0.15, 0.2) is 10.3 Å². The van der Waals surface area contributed by atoms with Gasteiger partial charge in [-0.05, 0) is 13.0 Å². The number of thioether (sulfide) groups is 1. The van der Waals surface area contributed by atoms with Crippen LogP contribution in [0, 0.1) is 0 Å². The number of amides is 1. The van der Waals surface area contributed by atoms with Gasteiger partial charge in [0.2, 0.25) is 5.91 Å². The van der Waals surface area contributed by atoms with E-state index in [4.69, 9.17) is 0 Å². The van der Waals surface area contributed by atoms with Crippen LogP contribution >= 0.6 is 23.1 Å². The second-order valence-electron chi connectivity index (χ2n) is 4.68. The maximum Gasteiger partial charge on any atom is 0.239 e. The molecule has 0 saturated heterocycles. The van der Waals surface area contributed by atoms with Crippen LogP contribution < -0.4 is 5.32 Å². The molecule has 0 fully saturated rings. The van der Waals surface area contributed by atoms with Crippen LogP contribution in [0.3, 0.4) is 0 Å². The number of hydrogen-bond acceptors (Lipinski definition) is 6. The number of nitrogens with one attached hydrogen (secondary N) is 1. The van der Waals surface area contributed by atoms with Gasteiger partial charge in [-0.25, -0.2) is 15.0 Å². The topological polar surface area (TPSA) is 67.8 Å². The summed E-state index contributed by atoms with van der Waals surface area (Å²) in [5.74, 6) is -0.114. The minimum absolute atomic E-state index is 0.114. The van der Waals surface area contributed by atoms with E-state index in [2.05, 4.69) is 20.3 Å². The normalized spacial score (nSPS) is 11.9. The number of hydrogen-bond donors (Lipinski definition) is 1. The molecular formula is C16H14N4OS2. The largest absolute Gasteiger partial charge is 0.301 e. The molecule has 23 heavy (non-hydrogen) atoms. The summed E-state index contributed by atoms with van der Waals surface area (Å²) >= 11 is 2.73. The van der Waals surface area contributed by atoms with Crippen molar-refractivity contribution >= 4 is 34.1 Å². The summed E-state index contributed by atoms with van der Waals surface area (Å²) < 4.78 is 0. The first kappa shape index (κ1) is 15.6. The maximum atomic E-state index is 12.2. The van der Waals surface area contributed by atoms with E-state index in [1.807, 2.05) is 42.6 Å². The summed E-state index contributed by atoms with van der Waals surface area (Å²) in [5, 5.41) is 5.65. The highest BCUT2D eigenvalue weighted by atomic mass is 32.2. The molecule has 116 valence electrons. The molecule has 3 rings (SSSR count). The number of aromatic nitrogens is 3. The first-order chi connectivity index (χ1) is 11.2. The molecule has 0 radical (unpaired) electrons. The van der Waals surface area contributed by atoms with Gasteiger partial charge in [-0.15, -0.1) is 11.3 Å². The molecule has 0 spiro atoms. The second-order valence-corrected chi connectivity index (χ2v) is 6.85. The number of benzene rings is 1. The Morgan fingerprint density at radius 2 is 1.91 bits per heavy atom. The molecule has 5 nitrogen and oxygen atoms in total. The fourth-order valence-corrected chi connectivity index (χ4v) is 3.29. The van der Waals surface area contributed by atoms with Crippen molar-refractivity contribution in [1.29, 1.82) is 0 Å². The van der Waals surface area contributed by atoms with Gasteiger partial charge < -0.3 is 5.32 Å². The number of anilines is 1. The van der Waals surface area contributed by atoms with E-state index in [0.29, 0.717) is 10.3 Å². The molecule has 2 heterocycles. The van der Waals surface area contributed by atoms with Gasteiger partial charge in [0.1, 0.15) is 0 Å². The third-order valence-corrected chi connectivity index (χ3v) is 4.74. The zero-order chi connectivity index (χ0) is 16.1. The van der Waals surface area contributed by atoms with Crippen molar-refractivity contribution in [3.05, 3.63) is 54.2 Å². The summed E-state index contributed by atoms with van der Waals surface area (Å²) in [5.41, 5.74) is 1.89. The Morgan fingerprint density at radius 1 is 1.17 bits per heavy atom. The molecule has 7 heteroatoms. The molecule has 0 aliphatic heterocycles. The van der Waals surface area contributed by atoms with E-state index in [1.54, 1.807) is 18.5 Å². The molecule has 0 bridgehead atoms. The summed E-state index contributed by atoms with van der Waals surface area (Å²) in [4.78, 5) is 24.9. The van der Waals surface area contributed by atoms with Crippen molar-refractivity contribution in [2.75, 3.05) is 5.32 Å². The van der Waals surface area contributed by atoms with Crippen molar-refractivity contribution in [2.24, 2.45) is 0 Å². The predicted molar refractivity (Wildman–Crippen MR) is 93.5 cm³/mol. The monoisotopic (exact) mass is 342 g/mol. The second kappa shape index (κ2) is 7.34. The third-order valence-electron chi connectivity index (χ3n) is 3.00. The lowest BCUT2D eigenvalue weighted by Crippen LogP contribution is -2.22. The van der Waals surface area contributed by atoms with Crippen molar-refractivity contribution in [1.82, 2.24) is 15.0 Å². The van der Waals surface area contributed by atoms with E-state index < -0.39 is 0 Å². The van der Waals surface area contributed by atoms with Crippen molar-refractivity contribution in [3.8, 4) is 11.3 Å². The van der Waals surface area contributed by atoms with Crippen LogP contribution in [0.15, 0.2) is 59.3 Å². The Hall–Kier alpha value is -2.25. The van der Waals surface area contributed by atoms with Crippen LogP contribution in [0.1, 0.15) is 6.92 Å². The average molecular weight is 342 g/mol. The Morgan fingerprint density at radius 3 is 2.65 bits per heavy atom. The fourth-order valence-electron chi connectivity index (χ4n) is 1.84. The molecule has 0 saturated carbocycles. The van der Waals surface area contributed by atoms with Gasteiger partial charge in [0.25, 0.3) is 0 Å². The Balaban J connectivity index is 1.63. The standard InChI is InChI=1S/C16H14N4OS2/c1-11(23-15-17-8-5-9-18-15)14(21)20-16-19-13(10-22-16)12-6-3-2-4-7-12/h2-11H,1H3,(H,19,20,21)/t11-/m1/s1. The molecule has 1 aromatic carbocycles. The number of carbonyl (C=O) groups excluding carboxylic acids is 1. The zero-order valence-corrected chi connectivity index (χ0v) is 14.0. The molecule has 1 atom stereocenters. The fraction of sp³-hybridized carbons (Fsp3) is 0.125. The SMILES string of the molecule is C[C@@H](Sc1ncccn1)C(=O)Nc1nc(-c2ccccc2)cs1. The van der Waals surface area contributed by atoms with Crippen LogP contribution in [0.4, 0.5) is 5.13 Å². The van der Waals surface area contributed by atoms with Crippen molar-refractivity contribution in [3.63, 3.8) is 0 Å². The van der Waals surface area contributed by atoms with Gasteiger partial charge in [-0.3, -0.25) is 4.79 Å². The lowest BCUT2D eigenvalue weighted by atomic mass is 10.2. The van der Waals surface area contributed by atoms with Crippen molar-refractivity contribution in [2.45, 2.75) is 17.3 Å². The highest BCUT2D eigenvalue weighted by molar-refractivity contribution is 8.00. The summed E-state index contributed by atoms with van der Waals surface area (Å²) in [6, 6.07) is 11.6. The zero-order valence-electron chi connectivity index (χ0n) is 12.3. The van der Waals surface area contributed by atoms with Crippen LogP contribution in [-0.2, 0) is 4.79 Å². The van der Waals surface area contributed by atoms with Crippen LogP contribution in [0.2, 0.25) is 0 Å². The van der Waals surface area contributed by atoms with E-state index in [9.17, 15) is 4.79 Å². The molecule has 1 amide bonds. The van der Waals surface area contributed by atoms with Gasteiger partial charge in [0, 0.05) is 23.3 Å². The summed E-state index contributed by atoms with van der Waals surface area (Å²) in [6.45, 7) is 1.82. The minimum Gasteiger partial charge on any atom is -0.301 e. The summed E-state index contributed by atoms with van der Waals surface area (Å²) in [6.07, 6.45) is 3.32. The number of nitrogens with zero attached hydrogens (tertiary/aromatic N) is 3. The Bertz CT molecular complexity index is 777. The number of rotatable bonds is 5. The van der Waals surface area contributed by atoms with Crippen LogP contribution in [0.5, 0.6) is 0 Å².